The molecule has 1 amide bonds. The Hall–Kier alpha value is -4.26. The second kappa shape index (κ2) is 9.48. The third-order valence-corrected chi connectivity index (χ3v) is 5.08. The molecule has 0 atom stereocenters. The van der Waals surface area contributed by atoms with Gasteiger partial charge in [-0.15, -0.1) is 0 Å². The van der Waals surface area contributed by atoms with Crippen LogP contribution in [0.15, 0.2) is 78.9 Å². The lowest BCUT2D eigenvalue weighted by atomic mass is 10.1. The van der Waals surface area contributed by atoms with Crippen molar-refractivity contribution in [1.29, 1.82) is 0 Å². The van der Waals surface area contributed by atoms with Crippen LogP contribution in [0.2, 0.25) is 0 Å². The summed E-state index contributed by atoms with van der Waals surface area (Å²) >= 11 is 0. The number of carbonyl (C=O) groups excluding carboxylic acids is 2. The van der Waals surface area contributed by atoms with E-state index in [1.54, 1.807) is 61.5 Å². The molecule has 0 aliphatic heterocycles. The fourth-order valence-corrected chi connectivity index (χ4v) is 3.48. The van der Waals surface area contributed by atoms with Gasteiger partial charge in [0.25, 0.3) is 5.91 Å². The second-order valence-corrected chi connectivity index (χ2v) is 7.35. The molecular formula is C26H22FN3O3. The van der Waals surface area contributed by atoms with Crippen molar-refractivity contribution in [3.05, 3.63) is 102 Å². The molecule has 1 aromatic heterocycles. The average molecular weight is 443 g/mol. The molecule has 0 spiro atoms. The first kappa shape index (κ1) is 22.0. The summed E-state index contributed by atoms with van der Waals surface area (Å²) in [6.45, 7) is 3.77. The highest BCUT2D eigenvalue weighted by Crippen LogP contribution is 2.28. The molecule has 166 valence electrons. The number of anilines is 1. The Morgan fingerprint density at radius 2 is 1.76 bits per heavy atom. The number of hydrogen-bond acceptors (Lipinski definition) is 4. The van der Waals surface area contributed by atoms with Gasteiger partial charge in [0.2, 0.25) is 0 Å². The maximum absolute atomic E-state index is 14.6. The third kappa shape index (κ3) is 4.67. The summed E-state index contributed by atoms with van der Waals surface area (Å²) in [5.74, 6) is -1.32. The number of nitrogens with one attached hydrogen (secondary N) is 1. The molecule has 0 saturated carbocycles. The smallest absolute Gasteiger partial charge is 0.358 e. The van der Waals surface area contributed by atoms with Gasteiger partial charge in [-0.1, -0.05) is 42.5 Å². The molecule has 33 heavy (non-hydrogen) atoms. The second-order valence-electron chi connectivity index (χ2n) is 7.35. The van der Waals surface area contributed by atoms with Crippen molar-refractivity contribution in [3.8, 4) is 16.9 Å². The molecule has 0 saturated heterocycles. The van der Waals surface area contributed by atoms with Crippen molar-refractivity contribution in [2.45, 2.75) is 13.8 Å². The number of ether oxygens (including phenoxy) is 1. The van der Waals surface area contributed by atoms with E-state index < -0.39 is 11.8 Å². The molecule has 6 nitrogen and oxygen atoms in total. The monoisotopic (exact) mass is 443 g/mol. The number of hydrogen-bond donors (Lipinski definition) is 1. The third-order valence-electron chi connectivity index (χ3n) is 5.08. The van der Waals surface area contributed by atoms with Crippen LogP contribution in [0.25, 0.3) is 16.9 Å². The van der Waals surface area contributed by atoms with E-state index in [4.69, 9.17) is 4.74 Å². The van der Waals surface area contributed by atoms with Crippen LogP contribution < -0.4 is 5.32 Å². The summed E-state index contributed by atoms with van der Waals surface area (Å²) in [6.07, 6.45) is 0. The highest BCUT2D eigenvalue weighted by molar-refractivity contribution is 6.05. The number of amides is 1. The number of aryl methyl sites for hydroxylation is 1. The van der Waals surface area contributed by atoms with E-state index >= 15 is 0 Å². The van der Waals surface area contributed by atoms with Crippen molar-refractivity contribution in [2.24, 2.45) is 0 Å². The van der Waals surface area contributed by atoms with Gasteiger partial charge in [0.1, 0.15) is 11.5 Å². The van der Waals surface area contributed by atoms with Gasteiger partial charge in [-0.25, -0.2) is 13.9 Å². The van der Waals surface area contributed by atoms with E-state index in [0.717, 1.165) is 5.56 Å². The topological polar surface area (TPSA) is 73.2 Å². The minimum atomic E-state index is -0.599. The Morgan fingerprint density at radius 1 is 1.00 bits per heavy atom. The maximum Gasteiger partial charge on any atom is 0.358 e. The van der Waals surface area contributed by atoms with E-state index in [1.807, 2.05) is 25.1 Å². The van der Waals surface area contributed by atoms with Crippen LogP contribution in [0.1, 0.15) is 33.3 Å². The van der Waals surface area contributed by atoms with Gasteiger partial charge in [0.15, 0.2) is 5.69 Å². The normalized spacial score (nSPS) is 10.6. The number of benzene rings is 3. The van der Waals surface area contributed by atoms with Gasteiger partial charge in [-0.3, -0.25) is 4.79 Å². The van der Waals surface area contributed by atoms with Crippen LogP contribution in [-0.4, -0.2) is 28.3 Å². The van der Waals surface area contributed by atoms with Crippen LogP contribution in [0.5, 0.6) is 0 Å². The van der Waals surface area contributed by atoms with Crippen molar-refractivity contribution in [2.75, 3.05) is 11.9 Å². The molecule has 3 aromatic carbocycles. The first-order valence-corrected chi connectivity index (χ1v) is 10.5. The Balaban J connectivity index is 1.74. The Morgan fingerprint density at radius 3 is 2.52 bits per heavy atom. The lowest BCUT2D eigenvalue weighted by Gasteiger charge is -2.11. The molecule has 0 aliphatic rings. The van der Waals surface area contributed by atoms with Crippen LogP contribution in [0.3, 0.4) is 0 Å². The van der Waals surface area contributed by atoms with Crippen molar-refractivity contribution >= 4 is 17.6 Å². The molecule has 1 N–H and O–H groups in total. The van der Waals surface area contributed by atoms with Crippen molar-refractivity contribution in [3.63, 3.8) is 0 Å². The number of aromatic nitrogens is 2. The lowest BCUT2D eigenvalue weighted by Crippen LogP contribution is -2.13. The fraction of sp³-hybridized carbons (Fsp3) is 0.115. The quantitative estimate of drug-likeness (QED) is 0.404. The van der Waals surface area contributed by atoms with E-state index in [2.05, 4.69) is 10.4 Å². The van der Waals surface area contributed by atoms with E-state index in [0.29, 0.717) is 22.5 Å². The van der Waals surface area contributed by atoms with Crippen LogP contribution >= 0.6 is 0 Å². The van der Waals surface area contributed by atoms with Crippen LogP contribution in [0.4, 0.5) is 10.1 Å². The summed E-state index contributed by atoms with van der Waals surface area (Å²) in [5.41, 5.74) is 3.37. The predicted octanol–water partition coefficient (Wildman–Crippen LogP) is 5.42. The van der Waals surface area contributed by atoms with Gasteiger partial charge < -0.3 is 10.1 Å². The molecule has 0 unspecified atom stereocenters. The summed E-state index contributed by atoms with van der Waals surface area (Å²) < 4.78 is 21.0. The summed E-state index contributed by atoms with van der Waals surface area (Å²) in [5, 5.41) is 7.20. The maximum atomic E-state index is 14.6. The summed E-state index contributed by atoms with van der Waals surface area (Å²) in [6, 6.07) is 22.1. The number of esters is 1. The Bertz CT molecular complexity index is 1330. The predicted molar refractivity (Wildman–Crippen MR) is 124 cm³/mol. The van der Waals surface area contributed by atoms with E-state index in [1.165, 1.54) is 10.7 Å². The van der Waals surface area contributed by atoms with Crippen molar-refractivity contribution < 1.29 is 18.7 Å². The highest BCUT2D eigenvalue weighted by atomic mass is 19.1. The zero-order valence-electron chi connectivity index (χ0n) is 18.2. The summed E-state index contributed by atoms with van der Waals surface area (Å²) in [4.78, 5) is 25.1. The van der Waals surface area contributed by atoms with E-state index in [-0.39, 0.29) is 23.9 Å². The SMILES string of the molecule is CCOC(=O)c1cc(-c2cccc(NC(=O)c3ccccc3C)c2)n(-c2ccccc2F)n1. The van der Waals surface area contributed by atoms with Gasteiger partial charge >= 0.3 is 5.97 Å². The molecule has 0 radical (unpaired) electrons. The zero-order chi connectivity index (χ0) is 23.4. The van der Waals surface area contributed by atoms with Crippen LogP contribution in [0, 0.1) is 12.7 Å². The first-order valence-electron chi connectivity index (χ1n) is 10.5. The lowest BCUT2D eigenvalue weighted by molar-refractivity contribution is 0.0518. The van der Waals surface area contributed by atoms with Gasteiger partial charge in [0, 0.05) is 16.8 Å². The number of carbonyl (C=O) groups is 2. The van der Waals surface area contributed by atoms with Gasteiger partial charge in [-0.05, 0) is 55.8 Å². The molecule has 4 rings (SSSR count). The highest BCUT2D eigenvalue weighted by Gasteiger charge is 2.20. The number of nitrogens with zero attached hydrogens (tertiary/aromatic N) is 2. The molecular weight excluding hydrogens is 421 g/mol. The van der Waals surface area contributed by atoms with Gasteiger partial charge in [0.05, 0.1) is 12.3 Å². The molecule has 7 heteroatoms. The first-order chi connectivity index (χ1) is 16.0. The standard InChI is InChI=1S/C26H22FN3O3/c1-3-33-26(32)22-16-24(30(29-22)23-14-7-6-13-21(23)27)18-10-8-11-19(15-18)28-25(31)20-12-5-4-9-17(20)2/h4-16H,3H2,1-2H3,(H,28,31). The molecule has 4 aromatic rings. The minimum Gasteiger partial charge on any atom is -0.461 e. The Labute approximate surface area is 190 Å². The Kier molecular flexibility index (Phi) is 6.31. The fourth-order valence-electron chi connectivity index (χ4n) is 3.48. The minimum absolute atomic E-state index is 0.0597. The number of para-hydroxylation sites is 1. The van der Waals surface area contributed by atoms with Crippen LogP contribution in [-0.2, 0) is 4.74 Å². The number of halogens is 1. The molecule has 0 fully saturated rings. The van der Waals surface area contributed by atoms with E-state index in [9.17, 15) is 14.0 Å². The summed E-state index contributed by atoms with van der Waals surface area (Å²) in [7, 11) is 0. The van der Waals surface area contributed by atoms with Crippen molar-refractivity contribution in [1.82, 2.24) is 9.78 Å². The molecule has 0 aliphatic carbocycles. The largest absolute Gasteiger partial charge is 0.461 e. The zero-order valence-corrected chi connectivity index (χ0v) is 18.2. The number of rotatable bonds is 6. The molecule has 0 bridgehead atoms. The molecule has 1 heterocycles. The van der Waals surface area contributed by atoms with Gasteiger partial charge in [-0.2, -0.15) is 5.10 Å². The average Bonchev–Trinajstić information content (AvgIpc) is 3.25.